The molecule has 0 N–H and O–H groups in total. The van der Waals surface area contributed by atoms with Crippen LogP contribution in [0.2, 0.25) is 5.02 Å². The number of benzene rings is 1. The fraction of sp³-hybridized carbons (Fsp3) is 0.471. The highest BCUT2D eigenvalue weighted by Crippen LogP contribution is 2.31. The van der Waals surface area contributed by atoms with Crippen molar-refractivity contribution < 1.29 is 4.79 Å². The van der Waals surface area contributed by atoms with Gasteiger partial charge in [0.1, 0.15) is 0 Å². The Morgan fingerprint density at radius 1 is 1.04 bits per heavy atom. The van der Waals surface area contributed by atoms with Gasteiger partial charge in [-0.2, -0.15) is 0 Å². The Labute approximate surface area is 165 Å². The summed E-state index contributed by atoms with van der Waals surface area (Å²) in [6, 6.07) is 7.83. The lowest BCUT2D eigenvalue weighted by Gasteiger charge is -2.19. The molecule has 1 aliphatic heterocycles. The van der Waals surface area contributed by atoms with Gasteiger partial charge in [-0.1, -0.05) is 71.4 Å². The number of likely N-dealkylation sites (tertiary alicyclic amines) is 1. The minimum atomic E-state index is 0.220. The van der Waals surface area contributed by atoms with Gasteiger partial charge < -0.3 is 4.90 Å². The van der Waals surface area contributed by atoms with E-state index in [9.17, 15) is 4.79 Å². The molecule has 0 radical (unpaired) electrons. The standard InChI is InChI=1S/C17H20ClN3OS3/c18-14-7-5-13(6-8-14)11-23-16-19-20-17(25-16)24-12-15(22)21-9-3-1-2-4-10-21/h5-8H,1-4,9-12H2. The van der Waals surface area contributed by atoms with Crippen LogP contribution in [0.5, 0.6) is 0 Å². The number of nitrogens with zero attached hydrogens (tertiary/aromatic N) is 3. The summed E-state index contributed by atoms with van der Waals surface area (Å²) in [4.78, 5) is 14.3. The highest BCUT2D eigenvalue weighted by atomic mass is 35.5. The summed E-state index contributed by atoms with van der Waals surface area (Å²) in [7, 11) is 0. The lowest BCUT2D eigenvalue weighted by molar-refractivity contribution is -0.128. The Balaban J connectivity index is 1.44. The van der Waals surface area contributed by atoms with Crippen molar-refractivity contribution in [2.45, 2.75) is 40.1 Å². The molecule has 2 aromatic rings. The van der Waals surface area contributed by atoms with Gasteiger partial charge in [-0.3, -0.25) is 4.79 Å². The molecule has 1 aromatic carbocycles. The van der Waals surface area contributed by atoms with Crippen LogP contribution < -0.4 is 0 Å². The number of carbonyl (C=O) groups excluding carboxylic acids is 1. The molecule has 1 aromatic heterocycles. The summed E-state index contributed by atoms with van der Waals surface area (Å²) in [5.74, 6) is 1.51. The van der Waals surface area contributed by atoms with E-state index >= 15 is 0 Å². The van der Waals surface area contributed by atoms with Crippen LogP contribution in [-0.2, 0) is 10.5 Å². The molecule has 1 aliphatic rings. The number of aromatic nitrogens is 2. The fourth-order valence-corrected chi connectivity index (χ4v) is 5.58. The Morgan fingerprint density at radius 2 is 1.68 bits per heavy atom. The van der Waals surface area contributed by atoms with E-state index in [1.54, 1.807) is 23.1 Å². The van der Waals surface area contributed by atoms with Crippen LogP contribution in [0.25, 0.3) is 0 Å². The highest BCUT2D eigenvalue weighted by Gasteiger charge is 2.16. The smallest absolute Gasteiger partial charge is 0.233 e. The molecule has 0 bridgehead atoms. The van der Waals surface area contributed by atoms with Crippen molar-refractivity contribution in [3.63, 3.8) is 0 Å². The van der Waals surface area contributed by atoms with Gasteiger partial charge in [0, 0.05) is 23.9 Å². The van der Waals surface area contributed by atoms with E-state index < -0.39 is 0 Å². The van der Waals surface area contributed by atoms with Crippen LogP contribution in [0.4, 0.5) is 0 Å². The minimum absolute atomic E-state index is 0.220. The summed E-state index contributed by atoms with van der Waals surface area (Å²) < 4.78 is 1.79. The second kappa shape index (κ2) is 9.80. The second-order valence-electron chi connectivity index (χ2n) is 5.83. The molecular weight excluding hydrogens is 394 g/mol. The average molecular weight is 414 g/mol. The maximum Gasteiger partial charge on any atom is 0.233 e. The quantitative estimate of drug-likeness (QED) is 0.625. The first-order valence-electron chi connectivity index (χ1n) is 8.32. The number of rotatable bonds is 6. The van der Waals surface area contributed by atoms with Crippen LogP contribution in [0, 0.1) is 0 Å². The van der Waals surface area contributed by atoms with Crippen LogP contribution in [0.1, 0.15) is 31.2 Å². The van der Waals surface area contributed by atoms with Crippen molar-refractivity contribution >= 4 is 52.4 Å². The Hall–Kier alpha value is -0.760. The predicted octanol–water partition coefficient (Wildman–Crippen LogP) is 4.98. The van der Waals surface area contributed by atoms with E-state index in [0.29, 0.717) is 5.75 Å². The summed E-state index contributed by atoms with van der Waals surface area (Å²) in [5.41, 5.74) is 1.20. The van der Waals surface area contributed by atoms with Crippen LogP contribution in [0.15, 0.2) is 32.9 Å². The Kier molecular flexibility index (Phi) is 7.46. The summed E-state index contributed by atoms with van der Waals surface area (Å²) in [6.45, 7) is 1.80. The molecule has 4 nitrogen and oxygen atoms in total. The van der Waals surface area contributed by atoms with Crippen molar-refractivity contribution in [3.05, 3.63) is 34.9 Å². The van der Waals surface area contributed by atoms with Gasteiger partial charge in [-0.05, 0) is 30.5 Å². The zero-order valence-corrected chi connectivity index (χ0v) is 17.0. The summed E-state index contributed by atoms with van der Waals surface area (Å²) >= 11 is 10.6. The van der Waals surface area contributed by atoms with Crippen molar-refractivity contribution in [2.24, 2.45) is 0 Å². The molecule has 0 aliphatic carbocycles. The highest BCUT2D eigenvalue weighted by molar-refractivity contribution is 8.03. The lowest BCUT2D eigenvalue weighted by atomic mass is 10.2. The largest absolute Gasteiger partial charge is 0.342 e. The number of thioether (sulfide) groups is 2. The first-order valence-corrected chi connectivity index (χ1v) is 11.5. The van der Waals surface area contributed by atoms with E-state index in [4.69, 9.17) is 11.6 Å². The molecule has 0 atom stereocenters. The molecule has 134 valence electrons. The SMILES string of the molecule is O=C(CSc1nnc(SCc2ccc(Cl)cc2)s1)N1CCCCCC1. The van der Waals surface area contributed by atoms with Crippen LogP contribution >= 0.6 is 46.5 Å². The molecule has 1 saturated heterocycles. The van der Waals surface area contributed by atoms with E-state index in [1.165, 1.54) is 30.2 Å². The van der Waals surface area contributed by atoms with Gasteiger partial charge in [0.25, 0.3) is 0 Å². The number of carbonyl (C=O) groups is 1. The van der Waals surface area contributed by atoms with E-state index in [1.807, 2.05) is 29.2 Å². The van der Waals surface area contributed by atoms with Gasteiger partial charge in [0.2, 0.25) is 5.91 Å². The normalized spacial score (nSPS) is 15.2. The first-order chi connectivity index (χ1) is 12.2. The lowest BCUT2D eigenvalue weighted by Crippen LogP contribution is -2.33. The molecule has 8 heteroatoms. The molecule has 0 saturated carbocycles. The van der Waals surface area contributed by atoms with Gasteiger partial charge in [0.15, 0.2) is 8.68 Å². The van der Waals surface area contributed by atoms with Crippen LogP contribution in [-0.4, -0.2) is 39.8 Å². The van der Waals surface area contributed by atoms with E-state index in [2.05, 4.69) is 10.2 Å². The van der Waals surface area contributed by atoms with E-state index in [-0.39, 0.29) is 5.91 Å². The maximum absolute atomic E-state index is 12.3. The molecule has 1 amide bonds. The minimum Gasteiger partial charge on any atom is -0.342 e. The second-order valence-corrected chi connectivity index (χ2v) is 9.69. The van der Waals surface area contributed by atoms with Gasteiger partial charge in [-0.25, -0.2) is 0 Å². The molecular formula is C17H20ClN3OS3. The molecule has 0 spiro atoms. The van der Waals surface area contributed by atoms with Crippen molar-refractivity contribution in [3.8, 4) is 0 Å². The molecule has 3 rings (SSSR count). The number of hydrogen-bond acceptors (Lipinski definition) is 6. The topological polar surface area (TPSA) is 46.1 Å². The van der Waals surface area contributed by atoms with E-state index in [0.717, 1.165) is 45.4 Å². The van der Waals surface area contributed by atoms with Gasteiger partial charge >= 0.3 is 0 Å². The predicted molar refractivity (Wildman–Crippen MR) is 107 cm³/mol. The zero-order valence-electron chi connectivity index (χ0n) is 13.8. The van der Waals surface area contributed by atoms with Crippen molar-refractivity contribution in [1.29, 1.82) is 0 Å². The molecule has 0 unspecified atom stereocenters. The number of amides is 1. The fourth-order valence-electron chi connectivity index (χ4n) is 2.57. The summed E-state index contributed by atoms with van der Waals surface area (Å²) in [6.07, 6.45) is 4.73. The average Bonchev–Trinajstić information content (AvgIpc) is 2.90. The Bertz CT molecular complexity index is 685. The maximum atomic E-state index is 12.3. The van der Waals surface area contributed by atoms with Gasteiger partial charge in [0.05, 0.1) is 5.75 Å². The first kappa shape index (κ1) is 19.0. The molecule has 25 heavy (non-hydrogen) atoms. The summed E-state index contributed by atoms with van der Waals surface area (Å²) in [5, 5.41) is 9.16. The third kappa shape index (κ3) is 6.16. The van der Waals surface area contributed by atoms with Crippen LogP contribution in [0.3, 0.4) is 0 Å². The molecule has 1 fully saturated rings. The van der Waals surface area contributed by atoms with Crippen molar-refractivity contribution in [1.82, 2.24) is 15.1 Å². The number of hydrogen-bond donors (Lipinski definition) is 0. The van der Waals surface area contributed by atoms with Gasteiger partial charge in [-0.15, -0.1) is 10.2 Å². The van der Waals surface area contributed by atoms with Crippen molar-refractivity contribution in [2.75, 3.05) is 18.8 Å². The Morgan fingerprint density at radius 3 is 2.36 bits per heavy atom. The number of halogens is 1. The third-order valence-corrected chi connectivity index (χ3v) is 7.44. The third-order valence-electron chi connectivity index (χ3n) is 3.94. The molecule has 2 heterocycles. The zero-order chi connectivity index (χ0) is 17.5. The monoisotopic (exact) mass is 413 g/mol.